The SMILES string of the molecule is O=C(Cc1ccccn1)OCc1ccc(F)cc1. The second-order valence-electron chi connectivity index (χ2n) is 3.79. The van der Waals surface area contributed by atoms with Gasteiger partial charge in [-0.1, -0.05) is 18.2 Å². The Labute approximate surface area is 104 Å². The summed E-state index contributed by atoms with van der Waals surface area (Å²) in [6.07, 6.45) is 1.77. The highest BCUT2D eigenvalue weighted by Gasteiger charge is 2.05. The first kappa shape index (κ1) is 12.2. The third-order valence-corrected chi connectivity index (χ3v) is 2.36. The Morgan fingerprint density at radius 3 is 2.61 bits per heavy atom. The van der Waals surface area contributed by atoms with Crippen molar-refractivity contribution >= 4 is 5.97 Å². The van der Waals surface area contributed by atoms with E-state index in [2.05, 4.69) is 4.98 Å². The summed E-state index contributed by atoms with van der Waals surface area (Å²) < 4.78 is 17.7. The van der Waals surface area contributed by atoms with Crippen molar-refractivity contribution in [3.8, 4) is 0 Å². The van der Waals surface area contributed by atoms with Crippen LogP contribution < -0.4 is 0 Å². The van der Waals surface area contributed by atoms with Crippen LogP contribution in [0.15, 0.2) is 48.7 Å². The number of aromatic nitrogens is 1. The van der Waals surface area contributed by atoms with Gasteiger partial charge in [-0.25, -0.2) is 4.39 Å². The summed E-state index contributed by atoms with van der Waals surface area (Å²) in [5.41, 5.74) is 1.42. The first-order valence-electron chi connectivity index (χ1n) is 5.54. The molecule has 4 heteroatoms. The van der Waals surface area contributed by atoms with Gasteiger partial charge in [-0.05, 0) is 29.8 Å². The maximum Gasteiger partial charge on any atom is 0.312 e. The average molecular weight is 245 g/mol. The van der Waals surface area contributed by atoms with Gasteiger partial charge in [0, 0.05) is 6.20 Å². The Bertz CT molecular complexity index is 511. The smallest absolute Gasteiger partial charge is 0.312 e. The molecule has 2 aromatic rings. The molecule has 92 valence electrons. The van der Waals surface area contributed by atoms with Gasteiger partial charge >= 0.3 is 5.97 Å². The highest BCUT2D eigenvalue weighted by atomic mass is 19.1. The first-order chi connectivity index (χ1) is 8.74. The number of halogens is 1. The first-order valence-corrected chi connectivity index (χ1v) is 5.54. The van der Waals surface area contributed by atoms with Crippen LogP contribution in [-0.4, -0.2) is 11.0 Å². The van der Waals surface area contributed by atoms with Gasteiger partial charge < -0.3 is 4.74 Å². The highest BCUT2D eigenvalue weighted by molar-refractivity contribution is 5.71. The van der Waals surface area contributed by atoms with Gasteiger partial charge in [-0.2, -0.15) is 0 Å². The minimum atomic E-state index is -0.349. The zero-order valence-corrected chi connectivity index (χ0v) is 9.67. The summed E-state index contributed by atoms with van der Waals surface area (Å²) >= 11 is 0. The van der Waals surface area contributed by atoms with E-state index < -0.39 is 0 Å². The number of pyridine rings is 1. The molecule has 0 atom stereocenters. The fourth-order valence-electron chi connectivity index (χ4n) is 1.45. The van der Waals surface area contributed by atoms with Gasteiger partial charge in [0.25, 0.3) is 0 Å². The molecule has 0 aliphatic heterocycles. The van der Waals surface area contributed by atoms with Crippen LogP contribution in [0.1, 0.15) is 11.3 Å². The van der Waals surface area contributed by atoms with Crippen LogP contribution in [0.25, 0.3) is 0 Å². The lowest BCUT2D eigenvalue weighted by atomic mass is 10.2. The van der Waals surface area contributed by atoms with Crippen molar-refractivity contribution < 1.29 is 13.9 Å². The second kappa shape index (κ2) is 5.91. The largest absolute Gasteiger partial charge is 0.461 e. The van der Waals surface area contributed by atoms with E-state index in [0.29, 0.717) is 5.69 Å². The van der Waals surface area contributed by atoms with Crippen LogP contribution in [0.2, 0.25) is 0 Å². The van der Waals surface area contributed by atoms with Crippen molar-refractivity contribution in [3.05, 3.63) is 65.7 Å². The van der Waals surface area contributed by atoms with Crippen molar-refractivity contribution in [3.63, 3.8) is 0 Å². The number of esters is 1. The quantitative estimate of drug-likeness (QED) is 0.777. The molecule has 3 nitrogen and oxygen atoms in total. The van der Waals surface area contributed by atoms with Gasteiger partial charge in [-0.15, -0.1) is 0 Å². The van der Waals surface area contributed by atoms with E-state index in [9.17, 15) is 9.18 Å². The summed E-state index contributed by atoms with van der Waals surface area (Å²) in [5, 5.41) is 0. The van der Waals surface area contributed by atoms with Crippen molar-refractivity contribution in [2.24, 2.45) is 0 Å². The number of rotatable bonds is 4. The molecule has 0 saturated heterocycles. The maximum absolute atomic E-state index is 12.7. The molecular formula is C14H12FNO2. The highest BCUT2D eigenvalue weighted by Crippen LogP contribution is 2.05. The topological polar surface area (TPSA) is 39.2 Å². The lowest BCUT2D eigenvalue weighted by Gasteiger charge is -2.04. The molecule has 1 aromatic heterocycles. The minimum Gasteiger partial charge on any atom is -0.461 e. The molecule has 0 aliphatic rings. The van der Waals surface area contributed by atoms with Gasteiger partial charge in [0.2, 0.25) is 0 Å². The standard InChI is InChI=1S/C14H12FNO2/c15-12-6-4-11(5-7-12)10-18-14(17)9-13-3-1-2-8-16-13/h1-8H,9-10H2. The minimum absolute atomic E-state index is 0.141. The summed E-state index contributed by atoms with van der Waals surface area (Å²) in [6.45, 7) is 0.145. The summed E-state index contributed by atoms with van der Waals surface area (Å²) in [4.78, 5) is 15.6. The van der Waals surface area contributed by atoms with E-state index in [-0.39, 0.29) is 24.8 Å². The number of benzene rings is 1. The Hall–Kier alpha value is -2.23. The van der Waals surface area contributed by atoms with Crippen LogP contribution in [0, 0.1) is 5.82 Å². The summed E-state index contributed by atoms with van der Waals surface area (Å²) in [5.74, 6) is -0.656. The number of hydrogen-bond acceptors (Lipinski definition) is 3. The number of ether oxygens (including phenoxy) is 1. The normalized spacial score (nSPS) is 10.1. The zero-order chi connectivity index (χ0) is 12.8. The van der Waals surface area contributed by atoms with Gasteiger partial charge in [0.15, 0.2) is 0 Å². The lowest BCUT2D eigenvalue weighted by Crippen LogP contribution is -2.08. The van der Waals surface area contributed by atoms with Crippen LogP contribution in [0.3, 0.4) is 0 Å². The number of carbonyl (C=O) groups is 1. The van der Waals surface area contributed by atoms with Gasteiger partial charge in [0.05, 0.1) is 12.1 Å². The van der Waals surface area contributed by atoms with E-state index in [1.54, 1.807) is 30.5 Å². The van der Waals surface area contributed by atoms with Crippen LogP contribution in [0.4, 0.5) is 4.39 Å². The summed E-state index contributed by atoms with van der Waals surface area (Å²) in [7, 11) is 0. The Balaban J connectivity index is 1.83. The van der Waals surface area contributed by atoms with E-state index >= 15 is 0 Å². The predicted octanol–water partition coefficient (Wildman–Crippen LogP) is 2.51. The lowest BCUT2D eigenvalue weighted by molar-refractivity contribution is -0.144. The average Bonchev–Trinajstić information content (AvgIpc) is 2.39. The Morgan fingerprint density at radius 2 is 1.94 bits per heavy atom. The Kier molecular flexibility index (Phi) is 4.02. The predicted molar refractivity (Wildman–Crippen MR) is 64.1 cm³/mol. The van der Waals surface area contributed by atoms with E-state index in [1.165, 1.54) is 12.1 Å². The molecule has 2 rings (SSSR count). The molecular weight excluding hydrogens is 233 g/mol. The molecule has 0 aliphatic carbocycles. The molecule has 0 amide bonds. The fourth-order valence-corrected chi connectivity index (χ4v) is 1.45. The number of hydrogen-bond donors (Lipinski definition) is 0. The zero-order valence-electron chi connectivity index (χ0n) is 9.67. The van der Waals surface area contributed by atoms with Crippen LogP contribution in [-0.2, 0) is 22.6 Å². The number of nitrogens with zero attached hydrogens (tertiary/aromatic N) is 1. The van der Waals surface area contributed by atoms with E-state index in [1.807, 2.05) is 6.07 Å². The van der Waals surface area contributed by atoms with Crippen LogP contribution >= 0.6 is 0 Å². The third-order valence-electron chi connectivity index (χ3n) is 2.36. The van der Waals surface area contributed by atoms with Crippen molar-refractivity contribution in [2.45, 2.75) is 13.0 Å². The molecule has 0 bridgehead atoms. The van der Waals surface area contributed by atoms with Crippen molar-refractivity contribution in [2.75, 3.05) is 0 Å². The molecule has 0 fully saturated rings. The Morgan fingerprint density at radius 1 is 1.17 bits per heavy atom. The summed E-state index contributed by atoms with van der Waals surface area (Å²) in [6, 6.07) is 11.2. The third kappa shape index (κ3) is 3.66. The maximum atomic E-state index is 12.7. The molecule has 0 saturated carbocycles. The van der Waals surface area contributed by atoms with E-state index in [4.69, 9.17) is 4.74 Å². The number of carbonyl (C=O) groups excluding carboxylic acids is 1. The van der Waals surface area contributed by atoms with E-state index in [0.717, 1.165) is 5.56 Å². The molecule has 1 aromatic carbocycles. The molecule has 0 N–H and O–H groups in total. The van der Waals surface area contributed by atoms with Crippen molar-refractivity contribution in [1.29, 1.82) is 0 Å². The monoisotopic (exact) mass is 245 g/mol. The molecule has 0 spiro atoms. The van der Waals surface area contributed by atoms with Gasteiger partial charge in [-0.3, -0.25) is 9.78 Å². The molecule has 18 heavy (non-hydrogen) atoms. The second-order valence-corrected chi connectivity index (χ2v) is 3.79. The van der Waals surface area contributed by atoms with Crippen molar-refractivity contribution in [1.82, 2.24) is 4.98 Å². The molecule has 0 unspecified atom stereocenters. The molecule has 1 heterocycles. The van der Waals surface area contributed by atoms with Crippen LogP contribution in [0.5, 0.6) is 0 Å². The van der Waals surface area contributed by atoms with Gasteiger partial charge in [0.1, 0.15) is 12.4 Å². The fraction of sp³-hybridized carbons (Fsp3) is 0.143. The molecule has 0 radical (unpaired) electrons.